The maximum Gasteiger partial charge on any atom is 0.317 e. The number of hydrogen-bond donors (Lipinski definition) is 1. The number of nitrogens with zero attached hydrogens (tertiary/aromatic N) is 3. The van der Waals surface area contributed by atoms with E-state index in [0.717, 1.165) is 51.4 Å². The molecule has 24 heavy (non-hydrogen) atoms. The lowest BCUT2D eigenvalue weighted by atomic mass is 10.2. The molecule has 1 heterocycles. The second-order valence-electron chi connectivity index (χ2n) is 6.29. The largest absolute Gasteiger partial charge is 0.494 e. The number of ether oxygens (including phenoxy) is 1. The van der Waals surface area contributed by atoms with Crippen LogP contribution in [-0.4, -0.2) is 75.8 Å². The predicted molar refractivity (Wildman–Crippen MR) is 98.0 cm³/mol. The molecule has 0 aliphatic carbocycles. The SMILES string of the molecule is CCOc1ccc(N2CCN(C(=O)NCCCN(C)C)CC2)cc1. The van der Waals surface area contributed by atoms with Gasteiger partial charge in [0.1, 0.15) is 5.75 Å². The van der Waals surface area contributed by atoms with Crippen LogP contribution in [0.2, 0.25) is 0 Å². The number of piperazine rings is 1. The molecule has 1 N–H and O–H groups in total. The van der Waals surface area contributed by atoms with Crippen LogP contribution in [0.1, 0.15) is 13.3 Å². The summed E-state index contributed by atoms with van der Waals surface area (Å²) in [4.78, 5) is 18.5. The summed E-state index contributed by atoms with van der Waals surface area (Å²) < 4.78 is 5.48. The fourth-order valence-corrected chi connectivity index (χ4v) is 2.79. The Labute approximate surface area is 145 Å². The Balaban J connectivity index is 1.73. The summed E-state index contributed by atoms with van der Waals surface area (Å²) in [7, 11) is 4.09. The minimum Gasteiger partial charge on any atom is -0.494 e. The molecule has 1 fully saturated rings. The zero-order valence-corrected chi connectivity index (χ0v) is 15.1. The molecule has 1 aromatic rings. The van der Waals surface area contributed by atoms with Crippen molar-refractivity contribution in [1.82, 2.24) is 15.1 Å². The molecule has 2 amide bonds. The molecule has 0 saturated carbocycles. The van der Waals surface area contributed by atoms with Crippen molar-refractivity contribution in [3.63, 3.8) is 0 Å². The average molecular weight is 334 g/mol. The zero-order chi connectivity index (χ0) is 17.4. The predicted octanol–water partition coefficient (Wildman–Crippen LogP) is 1.87. The molecule has 2 rings (SSSR count). The van der Waals surface area contributed by atoms with Gasteiger partial charge >= 0.3 is 6.03 Å². The van der Waals surface area contributed by atoms with Crippen molar-refractivity contribution < 1.29 is 9.53 Å². The lowest BCUT2D eigenvalue weighted by molar-refractivity contribution is 0.194. The molecule has 0 bridgehead atoms. The van der Waals surface area contributed by atoms with Crippen molar-refractivity contribution in [2.24, 2.45) is 0 Å². The number of carbonyl (C=O) groups is 1. The number of rotatable bonds is 7. The number of amides is 2. The van der Waals surface area contributed by atoms with Crippen LogP contribution in [0.15, 0.2) is 24.3 Å². The van der Waals surface area contributed by atoms with Crippen molar-refractivity contribution >= 4 is 11.7 Å². The van der Waals surface area contributed by atoms with Crippen LogP contribution in [0.5, 0.6) is 5.75 Å². The molecule has 0 unspecified atom stereocenters. The standard InChI is InChI=1S/C18H30N4O2/c1-4-24-17-8-6-16(7-9-17)21-12-14-22(15-13-21)18(23)19-10-5-11-20(2)3/h6-9H,4-5,10-15H2,1-3H3,(H,19,23). The van der Waals surface area contributed by atoms with E-state index in [9.17, 15) is 4.79 Å². The number of urea groups is 1. The van der Waals surface area contributed by atoms with Crippen LogP contribution in [0.25, 0.3) is 0 Å². The zero-order valence-electron chi connectivity index (χ0n) is 15.1. The molecule has 0 radical (unpaired) electrons. The fraction of sp³-hybridized carbons (Fsp3) is 0.611. The molecular formula is C18H30N4O2. The van der Waals surface area contributed by atoms with Crippen molar-refractivity contribution in [3.8, 4) is 5.75 Å². The molecule has 0 aromatic heterocycles. The summed E-state index contributed by atoms with van der Waals surface area (Å²) in [6.07, 6.45) is 0.977. The van der Waals surface area contributed by atoms with Crippen LogP contribution >= 0.6 is 0 Å². The van der Waals surface area contributed by atoms with E-state index in [1.54, 1.807) is 0 Å². The van der Waals surface area contributed by atoms with Gasteiger partial charge in [-0.15, -0.1) is 0 Å². The second-order valence-corrected chi connectivity index (χ2v) is 6.29. The normalized spacial score (nSPS) is 14.8. The summed E-state index contributed by atoms with van der Waals surface area (Å²) in [5.74, 6) is 0.900. The van der Waals surface area contributed by atoms with E-state index in [1.165, 1.54) is 5.69 Å². The molecule has 0 spiro atoms. The Kier molecular flexibility index (Phi) is 7.18. The van der Waals surface area contributed by atoms with Crippen LogP contribution in [0.4, 0.5) is 10.5 Å². The highest BCUT2D eigenvalue weighted by Crippen LogP contribution is 2.20. The second kappa shape index (κ2) is 9.37. The Hall–Kier alpha value is -1.95. The molecule has 1 aliphatic rings. The van der Waals surface area contributed by atoms with E-state index >= 15 is 0 Å². The third kappa shape index (κ3) is 5.60. The van der Waals surface area contributed by atoms with Crippen molar-refractivity contribution in [3.05, 3.63) is 24.3 Å². The monoisotopic (exact) mass is 334 g/mol. The third-order valence-corrected chi connectivity index (χ3v) is 4.14. The van der Waals surface area contributed by atoms with E-state index in [-0.39, 0.29) is 6.03 Å². The highest BCUT2D eigenvalue weighted by atomic mass is 16.5. The van der Waals surface area contributed by atoms with Gasteiger partial charge in [0, 0.05) is 38.4 Å². The third-order valence-electron chi connectivity index (χ3n) is 4.14. The van der Waals surface area contributed by atoms with E-state index < -0.39 is 0 Å². The Morgan fingerprint density at radius 3 is 2.42 bits per heavy atom. The number of benzene rings is 1. The van der Waals surface area contributed by atoms with E-state index in [4.69, 9.17) is 4.74 Å². The van der Waals surface area contributed by atoms with Gasteiger partial charge in [-0.25, -0.2) is 4.79 Å². The Bertz CT molecular complexity index is 496. The minimum absolute atomic E-state index is 0.0556. The van der Waals surface area contributed by atoms with Crippen LogP contribution < -0.4 is 15.0 Å². The molecule has 0 atom stereocenters. The van der Waals surface area contributed by atoms with Gasteiger partial charge in [0.25, 0.3) is 0 Å². The lowest BCUT2D eigenvalue weighted by Crippen LogP contribution is -2.52. The minimum atomic E-state index is 0.0556. The summed E-state index contributed by atoms with van der Waals surface area (Å²) in [5.41, 5.74) is 1.18. The Morgan fingerprint density at radius 2 is 1.83 bits per heavy atom. The fourth-order valence-electron chi connectivity index (χ4n) is 2.79. The van der Waals surface area contributed by atoms with Crippen molar-refractivity contribution in [2.45, 2.75) is 13.3 Å². The molecule has 6 heteroatoms. The average Bonchev–Trinajstić information content (AvgIpc) is 2.59. The summed E-state index contributed by atoms with van der Waals surface area (Å²) in [6, 6.07) is 8.23. The first-order valence-electron chi connectivity index (χ1n) is 8.75. The molecule has 1 aromatic carbocycles. The summed E-state index contributed by atoms with van der Waals surface area (Å²) >= 11 is 0. The topological polar surface area (TPSA) is 48.1 Å². The van der Waals surface area contributed by atoms with Gasteiger partial charge in [-0.05, 0) is 58.3 Å². The smallest absolute Gasteiger partial charge is 0.317 e. The molecular weight excluding hydrogens is 304 g/mol. The number of hydrogen-bond acceptors (Lipinski definition) is 4. The van der Waals surface area contributed by atoms with Gasteiger partial charge in [-0.2, -0.15) is 0 Å². The van der Waals surface area contributed by atoms with Gasteiger partial charge in [0.15, 0.2) is 0 Å². The van der Waals surface area contributed by atoms with Gasteiger partial charge < -0.3 is 24.8 Å². The van der Waals surface area contributed by atoms with Crippen molar-refractivity contribution in [1.29, 1.82) is 0 Å². The summed E-state index contributed by atoms with van der Waals surface area (Å²) in [5, 5.41) is 3.01. The van der Waals surface area contributed by atoms with Crippen LogP contribution in [0, 0.1) is 0 Å². The lowest BCUT2D eigenvalue weighted by Gasteiger charge is -2.36. The van der Waals surface area contributed by atoms with Gasteiger partial charge in [0.2, 0.25) is 0 Å². The molecule has 134 valence electrons. The molecule has 6 nitrogen and oxygen atoms in total. The molecule has 1 saturated heterocycles. The van der Waals surface area contributed by atoms with Gasteiger partial charge in [0.05, 0.1) is 6.61 Å². The quantitative estimate of drug-likeness (QED) is 0.774. The first kappa shape index (κ1) is 18.4. The number of carbonyl (C=O) groups excluding carboxylic acids is 1. The van der Waals surface area contributed by atoms with Crippen LogP contribution in [0.3, 0.4) is 0 Å². The Morgan fingerprint density at radius 1 is 1.17 bits per heavy atom. The van der Waals surface area contributed by atoms with E-state index in [2.05, 4.69) is 27.2 Å². The molecule has 1 aliphatic heterocycles. The number of anilines is 1. The number of nitrogens with one attached hydrogen (secondary N) is 1. The van der Waals surface area contributed by atoms with Crippen LogP contribution in [-0.2, 0) is 0 Å². The van der Waals surface area contributed by atoms with E-state index in [1.807, 2.05) is 38.1 Å². The highest BCUT2D eigenvalue weighted by molar-refractivity contribution is 5.74. The first-order valence-corrected chi connectivity index (χ1v) is 8.75. The van der Waals surface area contributed by atoms with Crippen molar-refractivity contribution in [2.75, 3.05) is 64.9 Å². The first-order chi connectivity index (χ1) is 11.6. The van der Waals surface area contributed by atoms with E-state index in [0.29, 0.717) is 6.61 Å². The maximum absolute atomic E-state index is 12.2. The van der Waals surface area contributed by atoms with Gasteiger partial charge in [-0.1, -0.05) is 0 Å². The van der Waals surface area contributed by atoms with Gasteiger partial charge in [-0.3, -0.25) is 0 Å². The summed E-state index contributed by atoms with van der Waals surface area (Å²) in [6.45, 7) is 7.62. The highest BCUT2D eigenvalue weighted by Gasteiger charge is 2.20. The maximum atomic E-state index is 12.2.